The summed E-state index contributed by atoms with van der Waals surface area (Å²) < 4.78 is 11.0. The number of hydrogen-bond acceptors (Lipinski definition) is 5. The molecule has 3 heterocycles. The van der Waals surface area contributed by atoms with Crippen molar-refractivity contribution in [2.45, 2.75) is 6.54 Å². The quantitative estimate of drug-likeness (QED) is 0.541. The number of furan rings is 1. The highest BCUT2D eigenvalue weighted by molar-refractivity contribution is 5.94. The number of aromatic nitrogens is 2. The Balaban J connectivity index is 1.42. The van der Waals surface area contributed by atoms with Crippen molar-refractivity contribution in [1.82, 2.24) is 15.3 Å². The fourth-order valence-electron chi connectivity index (χ4n) is 2.66. The van der Waals surface area contributed by atoms with Crippen LogP contribution in [0.25, 0.3) is 11.5 Å². The van der Waals surface area contributed by atoms with Crippen LogP contribution in [0.2, 0.25) is 0 Å². The van der Waals surface area contributed by atoms with Crippen molar-refractivity contribution in [3.05, 3.63) is 96.5 Å². The van der Waals surface area contributed by atoms with Gasteiger partial charge in [0.2, 0.25) is 5.88 Å². The summed E-state index contributed by atoms with van der Waals surface area (Å²) >= 11 is 0. The predicted octanol–water partition coefficient (Wildman–Crippen LogP) is 4.46. The zero-order valence-electron chi connectivity index (χ0n) is 14.9. The van der Waals surface area contributed by atoms with Crippen molar-refractivity contribution in [1.29, 1.82) is 0 Å². The molecule has 0 fully saturated rings. The van der Waals surface area contributed by atoms with Crippen LogP contribution in [0.3, 0.4) is 0 Å². The van der Waals surface area contributed by atoms with Crippen molar-refractivity contribution >= 4 is 5.91 Å². The first-order valence-corrected chi connectivity index (χ1v) is 8.74. The van der Waals surface area contributed by atoms with Gasteiger partial charge in [-0.1, -0.05) is 12.1 Å². The van der Waals surface area contributed by atoms with E-state index in [0.717, 1.165) is 11.3 Å². The summed E-state index contributed by atoms with van der Waals surface area (Å²) in [6.07, 6.45) is 4.95. The third kappa shape index (κ3) is 4.24. The molecule has 0 aliphatic heterocycles. The number of nitrogens with zero attached hydrogens (tertiary/aromatic N) is 2. The van der Waals surface area contributed by atoms with Crippen LogP contribution in [0.1, 0.15) is 15.9 Å². The van der Waals surface area contributed by atoms with Crippen molar-refractivity contribution in [2.75, 3.05) is 0 Å². The van der Waals surface area contributed by atoms with Crippen molar-refractivity contribution in [2.24, 2.45) is 0 Å². The van der Waals surface area contributed by atoms with Gasteiger partial charge in [0.15, 0.2) is 5.76 Å². The van der Waals surface area contributed by atoms with E-state index in [2.05, 4.69) is 15.3 Å². The van der Waals surface area contributed by atoms with Gasteiger partial charge in [-0.05, 0) is 54.1 Å². The number of nitrogens with one attached hydrogen (secondary N) is 1. The number of amides is 1. The van der Waals surface area contributed by atoms with E-state index in [1.807, 2.05) is 36.4 Å². The maximum Gasteiger partial charge on any atom is 0.251 e. The average Bonchev–Trinajstić information content (AvgIpc) is 3.28. The van der Waals surface area contributed by atoms with Gasteiger partial charge in [0.05, 0.1) is 6.26 Å². The van der Waals surface area contributed by atoms with E-state index in [9.17, 15) is 4.79 Å². The van der Waals surface area contributed by atoms with Crippen LogP contribution in [-0.2, 0) is 6.54 Å². The van der Waals surface area contributed by atoms with Gasteiger partial charge in [0.25, 0.3) is 5.91 Å². The molecule has 0 atom stereocenters. The van der Waals surface area contributed by atoms with Gasteiger partial charge in [-0.25, -0.2) is 4.98 Å². The molecule has 0 bridgehead atoms. The third-order valence-corrected chi connectivity index (χ3v) is 4.01. The maximum atomic E-state index is 12.5. The highest BCUT2D eigenvalue weighted by Gasteiger charge is 2.09. The summed E-state index contributed by atoms with van der Waals surface area (Å²) in [6.45, 7) is 0.375. The Hall–Kier alpha value is -3.93. The predicted molar refractivity (Wildman–Crippen MR) is 104 cm³/mol. The molecule has 1 amide bonds. The molecule has 4 rings (SSSR count). The monoisotopic (exact) mass is 371 g/mol. The molecule has 1 N–H and O–H groups in total. The van der Waals surface area contributed by atoms with Gasteiger partial charge in [-0.3, -0.25) is 9.78 Å². The summed E-state index contributed by atoms with van der Waals surface area (Å²) in [5.41, 5.74) is 2.16. The van der Waals surface area contributed by atoms with Crippen LogP contribution >= 0.6 is 0 Å². The fourth-order valence-corrected chi connectivity index (χ4v) is 2.66. The topological polar surface area (TPSA) is 77.2 Å². The molecule has 3 aromatic heterocycles. The Kier molecular flexibility index (Phi) is 5.11. The Bertz CT molecular complexity index is 1060. The minimum atomic E-state index is -0.192. The van der Waals surface area contributed by atoms with Crippen molar-refractivity contribution in [3.8, 4) is 23.1 Å². The highest BCUT2D eigenvalue weighted by Crippen LogP contribution is 2.20. The van der Waals surface area contributed by atoms with Gasteiger partial charge in [-0.15, -0.1) is 0 Å². The number of benzene rings is 1. The summed E-state index contributed by atoms with van der Waals surface area (Å²) in [6, 6.07) is 19.8. The van der Waals surface area contributed by atoms with E-state index in [1.165, 1.54) is 0 Å². The Morgan fingerprint density at radius 1 is 0.964 bits per heavy atom. The molecule has 4 aromatic rings. The number of pyridine rings is 2. The molecule has 28 heavy (non-hydrogen) atoms. The lowest BCUT2D eigenvalue weighted by Gasteiger charge is -2.08. The highest BCUT2D eigenvalue weighted by atomic mass is 16.5. The molecular weight excluding hydrogens is 354 g/mol. The summed E-state index contributed by atoms with van der Waals surface area (Å²) in [5.74, 6) is 1.52. The number of rotatable bonds is 6. The molecule has 0 saturated heterocycles. The maximum absolute atomic E-state index is 12.5. The number of carbonyl (C=O) groups is 1. The second-order valence-corrected chi connectivity index (χ2v) is 6.01. The van der Waals surface area contributed by atoms with Gasteiger partial charge >= 0.3 is 0 Å². The SMILES string of the molecule is O=C(NCc1ccnc(-c2ccco2)c1)c1cccc(Oc2ccccn2)c1. The lowest BCUT2D eigenvalue weighted by Crippen LogP contribution is -2.22. The van der Waals surface area contributed by atoms with E-state index in [4.69, 9.17) is 9.15 Å². The van der Waals surface area contributed by atoms with E-state index >= 15 is 0 Å². The number of ether oxygens (including phenoxy) is 1. The van der Waals surface area contributed by atoms with Gasteiger partial charge in [0, 0.05) is 30.6 Å². The van der Waals surface area contributed by atoms with Crippen LogP contribution in [0.5, 0.6) is 11.6 Å². The smallest absolute Gasteiger partial charge is 0.251 e. The van der Waals surface area contributed by atoms with Gasteiger partial charge in [-0.2, -0.15) is 0 Å². The van der Waals surface area contributed by atoms with Crippen LogP contribution in [0, 0.1) is 0 Å². The molecule has 1 aromatic carbocycles. The van der Waals surface area contributed by atoms with E-state index in [1.54, 1.807) is 49.0 Å². The number of carbonyl (C=O) groups excluding carboxylic acids is 1. The minimum absolute atomic E-state index is 0.192. The third-order valence-electron chi connectivity index (χ3n) is 4.01. The minimum Gasteiger partial charge on any atom is -0.463 e. The zero-order chi connectivity index (χ0) is 19.2. The van der Waals surface area contributed by atoms with Crippen molar-refractivity contribution < 1.29 is 13.9 Å². The second kappa shape index (κ2) is 8.18. The standard InChI is InChI=1S/C22H17N3O3/c26-22(17-5-3-6-18(14-17)28-21-8-1-2-10-24-21)25-15-16-9-11-23-19(13-16)20-7-4-12-27-20/h1-14H,15H2,(H,25,26). The number of hydrogen-bond donors (Lipinski definition) is 1. The summed E-state index contributed by atoms with van der Waals surface area (Å²) in [4.78, 5) is 20.9. The molecule has 6 heteroatoms. The molecule has 138 valence electrons. The normalized spacial score (nSPS) is 10.4. The van der Waals surface area contributed by atoms with Crippen LogP contribution in [0.15, 0.2) is 89.8 Å². The van der Waals surface area contributed by atoms with E-state index in [-0.39, 0.29) is 5.91 Å². The molecule has 0 spiro atoms. The van der Waals surface area contributed by atoms with Crippen LogP contribution in [0.4, 0.5) is 0 Å². The van der Waals surface area contributed by atoms with Gasteiger partial charge < -0.3 is 14.5 Å². The Labute approximate surface area is 161 Å². The second-order valence-electron chi connectivity index (χ2n) is 6.01. The van der Waals surface area contributed by atoms with E-state index in [0.29, 0.717) is 29.5 Å². The van der Waals surface area contributed by atoms with Gasteiger partial charge in [0.1, 0.15) is 11.4 Å². The first-order chi connectivity index (χ1) is 13.8. The molecule has 0 radical (unpaired) electrons. The van der Waals surface area contributed by atoms with Crippen LogP contribution in [-0.4, -0.2) is 15.9 Å². The lowest BCUT2D eigenvalue weighted by molar-refractivity contribution is 0.0950. The van der Waals surface area contributed by atoms with Crippen LogP contribution < -0.4 is 10.1 Å². The Morgan fingerprint density at radius 2 is 1.93 bits per heavy atom. The zero-order valence-corrected chi connectivity index (χ0v) is 14.9. The first-order valence-electron chi connectivity index (χ1n) is 8.74. The van der Waals surface area contributed by atoms with E-state index < -0.39 is 0 Å². The summed E-state index contributed by atoms with van der Waals surface area (Å²) in [7, 11) is 0. The average molecular weight is 371 g/mol. The fraction of sp³-hybridized carbons (Fsp3) is 0.0455. The summed E-state index contributed by atoms with van der Waals surface area (Å²) in [5, 5.41) is 2.91. The molecule has 6 nitrogen and oxygen atoms in total. The molecule has 0 saturated carbocycles. The molecule has 0 aliphatic rings. The first kappa shape index (κ1) is 17.5. The Morgan fingerprint density at radius 3 is 2.75 bits per heavy atom. The van der Waals surface area contributed by atoms with Crippen molar-refractivity contribution in [3.63, 3.8) is 0 Å². The lowest BCUT2D eigenvalue weighted by atomic mass is 10.1. The largest absolute Gasteiger partial charge is 0.463 e. The molecule has 0 unspecified atom stereocenters. The molecular formula is C22H17N3O3. The molecule has 0 aliphatic carbocycles.